The van der Waals surface area contributed by atoms with Crippen LogP contribution in [0.3, 0.4) is 0 Å². The van der Waals surface area contributed by atoms with Crippen LogP contribution in [0.4, 0.5) is 0 Å². The fourth-order valence-corrected chi connectivity index (χ4v) is 0.476. The predicted octanol–water partition coefficient (Wildman–Crippen LogP) is 2.03. The highest BCUT2D eigenvalue weighted by Gasteiger charge is 1.74. The first-order valence-corrected chi connectivity index (χ1v) is 3.13. The Kier molecular flexibility index (Phi) is 4.39. The lowest BCUT2D eigenvalue weighted by Gasteiger charge is -1.78. The summed E-state index contributed by atoms with van der Waals surface area (Å²) >= 11 is 2.22. The molecule has 0 spiro atoms. The fraction of sp³-hybridized carbons (Fsp3) is 0.400. The molecule has 0 radical (unpaired) electrons. The van der Waals surface area contributed by atoms with Crippen molar-refractivity contribution < 1.29 is 0 Å². The molecule has 0 aliphatic carbocycles. The molecule has 0 unspecified atom stereocenters. The van der Waals surface area contributed by atoms with Crippen LogP contribution in [0.25, 0.3) is 0 Å². The highest BCUT2D eigenvalue weighted by molar-refractivity contribution is 14.1. The summed E-state index contributed by atoms with van der Waals surface area (Å²) in [5, 5.41) is 0. The van der Waals surface area contributed by atoms with Crippen LogP contribution in [0.5, 0.6) is 0 Å². The molecule has 0 heterocycles. The minimum absolute atomic E-state index is 1.18. The molecule has 7 heavy (non-hydrogen) atoms. The van der Waals surface area contributed by atoms with Gasteiger partial charge in [0.25, 0.3) is 0 Å². The van der Waals surface area contributed by atoms with Gasteiger partial charge in [0, 0.05) is 16.8 Å². The molecule has 0 aromatic rings. The third-order valence-electron chi connectivity index (χ3n) is 0.528. The maximum Gasteiger partial charge on any atom is 0.0339 e. The number of rotatable bonds is 1. The molecule has 40 valence electrons. The van der Waals surface area contributed by atoms with Gasteiger partial charge in [-0.1, -0.05) is 6.08 Å². The Morgan fingerprint density at radius 3 is 2.43 bits per heavy atom. The molecule has 0 bridgehead atoms. The third kappa shape index (κ3) is 3.98. The molecule has 0 fully saturated rings. The zero-order valence-electron chi connectivity index (χ0n) is 4.48. The summed E-state index contributed by atoms with van der Waals surface area (Å²) in [6.07, 6.45) is 3.83. The van der Waals surface area contributed by atoms with E-state index in [1.54, 1.807) is 7.05 Å². The van der Waals surface area contributed by atoms with Gasteiger partial charge in [-0.3, -0.25) is 4.99 Å². The average Bonchev–Trinajstić information content (AvgIpc) is 1.68. The topological polar surface area (TPSA) is 12.4 Å². The minimum Gasteiger partial charge on any atom is -0.295 e. The maximum absolute atomic E-state index is 3.81. The molecule has 1 nitrogen and oxygen atoms in total. The molecule has 0 aliphatic rings. The first-order valence-electron chi connectivity index (χ1n) is 2.05. The summed E-state index contributed by atoms with van der Waals surface area (Å²) in [4.78, 5) is 3.81. The van der Waals surface area contributed by atoms with Crippen LogP contribution in [0, 0.1) is 0 Å². The van der Waals surface area contributed by atoms with E-state index in [4.69, 9.17) is 0 Å². The van der Waals surface area contributed by atoms with Crippen LogP contribution in [-0.2, 0) is 0 Å². The average molecular weight is 209 g/mol. The molecule has 0 aliphatic heterocycles. The summed E-state index contributed by atoms with van der Waals surface area (Å²) < 4.78 is 1.18. The quantitative estimate of drug-likeness (QED) is 0.462. The van der Waals surface area contributed by atoms with Gasteiger partial charge in [-0.05, 0) is 29.5 Å². The van der Waals surface area contributed by atoms with E-state index < -0.39 is 0 Å². The Hall–Kier alpha value is 0.140. The lowest BCUT2D eigenvalue weighted by Crippen LogP contribution is -1.67. The summed E-state index contributed by atoms with van der Waals surface area (Å²) in [6, 6.07) is 0. The lowest BCUT2D eigenvalue weighted by molar-refractivity contribution is 1.47. The maximum atomic E-state index is 3.81. The second-order valence-corrected chi connectivity index (χ2v) is 2.31. The SMILES string of the molecule is C/C=C(/I)C=NC. The third-order valence-corrected chi connectivity index (χ3v) is 1.43. The molecular formula is C5H8IN. The van der Waals surface area contributed by atoms with E-state index in [1.807, 2.05) is 19.2 Å². The first kappa shape index (κ1) is 7.14. The zero-order valence-corrected chi connectivity index (χ0v) is 6.64. The number of hydrogen-bond donors (Lipinski definition) is 0. The van der Waals surface area contributed by atoms with Crippen LogP contribution < -0.4 is 0 Å². The van der Waals surface area contributed by atoms with Crippen molar-refractivity contribution in [3.05, 3.63) is 9.66 Å². The van der Waals surface area contributed by atoms with E-state index in [2.05, 4.69) is 27.6 Å². The highest BCUT2D eigenvalue weighted by Crippen LogP contribution is 1.99. The number of nitrogens with zero attached hydrogens (tertiary/aromatic N) is 1. The molecule has 0 saturated heterocycles. The lowest BCUT2D eigenvalue weighted by atomic mass is 10.6. The predicted molar refractivity (Wildman–Crippen MR) is 42.2 cm³/mol. The standard InChI is InChI=1S/C5H8IN/c1-3-5(6)4-7-2/h3-4H,1-2H3/b5-3+,7-4?. The molecule has 0 saturated carbocycles. The Bertz CT molecular complexity index is 94.3. The van der Waals surface area contributed by atoms with Gasteiger partial charge in [-0.15, -0.1) is 0 Å². The van der Waals surface area contributed by atoms with Crippen molar-refractivity contribution in [2.24, 2.45) is 4.99 Å². The van der Waals surface area contributed by atoms with Crippen molar-refractivity contribution in [1.29, 1.82) is 0 Å². The number of aliphatic imine (C=N–C) groups is 1. The van der Waals surface area contributed by atoms with Crippen LogP contribution in [0.2, 0.25) is 0 Å². The summed E-state index contributed by atoms with van der Waals surface area (Å²) in [7, 11) is 1.77. The van der Waals surface area contributed by atoms with Crippen molar-refractivity contribution >= 4 is 28.8 Å². The van der Waals surface area contributed by atoms with Crippen molar-refractivity contribution in [1.82, 2.24) is 0 Å². The number of halogens is 1. The van der Waals surface area contributed by atoms with Gasteiger partial charge in [0.05, 0.1) is 0 Å². The first-order chi connectivity index (χ1) is 3.31. The Balaban J connectivity index is 3.58. The second kappa shape index (κ2) is 4.30. The van der Waals surface area contributed by atoms with Gasteiger partial charge in [-0.25, -0.2) is 0 Å². The fourth-order valence-electron chi connectivity index (χ4n) is 0.198. The van der Waals surface area contributed by atoms with Crippen molar-refractivity contribution in [2.75, 3.05) is 7.05 Å². The van der Waals surface area contributed by atoms with Gasteiger partial charge in [-0.2, -0.15) is 0 Å². The Morgan fingerprint density at radius 1 is 1.71 bits per heavy atom. The van der Waals surface area contributed by atoms with Crippen LogP contribution >= 0.6 is 22.6 Å². The van der Waals surface area contributed by atoms with Gasteiger partial charge in [0.15, 0.2) is 0 Å². The highest BCUT2D eigenvalue weighted by atomic mass is 127. The summed E-state index contributed by atoms with van der Waals surface area (Å²) in [6.45, 7) is 1.99. The molecule has 0 rings (SSSR count). The van der Waals surface area contributed by atoms with E-state index in [1.165, 1.54) is 3.58 Å². The normalized spacial score (nSPS) is 13.3. The molecule has 0 atom stereocenters. The Labute approximate surface area is 57.7 Å². The van der Waals surface area contributed by atoms with E-state index in [9.17, 15) is 0 Å². The van der Waals surface area contributed by atoms with Gasteiger partial charge < -0.3 is 0 Å². The molecule has 0 aromatic carbocycles. The van der Waals surface area contributed by atoms with E-state index in [0.717, 1.165) is 0 Å². The largest absolute Gasteiger partial charge is 0.295 e. The molecule has 0 aromatic heterocycles. The number of allylic oxidation sites excluding steroid dienone is 2. The molecule has 0 N–H and O–H groups in total. The van der Waals surface area contributed by atoms with E-state index >= 15 is 0 Å². The number of hydrogen-bond acceptors (Lipinski definition) is 1. The van der Waals surface area contributed by atoms with Crippen molar-refractivity contribution in [3.63, 3.8) is 0 Å². The van der Waals surface area contributed by atoms with Crippen LogP contribution in [-0.4, -0.2) is 13.3 Å². The van der Waals surface area contributed by atoms with E-state index in [-0.39, 0.29) is 0 Å². The molecule has 0 amide bonds. The monoisotopic (exact) mass is 209 g/mol. The van der Waals surface area contributed by atoms with Gasteiger partial charge >= 0.3 is 0 Å². The minimum atomic E-state index is 1.18. The second-order valence-electron chi connectivity index (χ2n) is 1.06. The van der Waals surface area contributed by atoms with Crippen LogP contribution in [0.15, 0.2) is 14.6 Å². The summed E-state index contributed by atoms with van der Waals surface area (Å²) in [5.74, 6) is 0. The van der Waals surface area contributed by atoms with Crippen molar-refractivity contribution in [3.8, 4) is 0 Å². The Morgan fingerprint density at radius 2 is 2.29 bits per heavy atom. The van der Waals surface area contributed by atoms with E-state index in [0.29, 0.717) is 0 Å². The zero-order chi connectivity index (χ0) is 5.70. The summed E-state index contributed by atoms with van der Waals surface area (Å²) in [5.41, 5.74) is 0. The van der Waals surface area contributed by atoms with Gasteiger partial charge in [0.2, 0.25) is 0 Å². The molecule has 2 heteroatoms. The molecular weight excluding hydrogens is 201 g/mol. The van der Waals surface area contributed by atoms with Crippen molar-refractivity contribution in [2.45, 2.75) is 6.92 Å². The van der Waals surface area contributed by atoms with Gasteiger partial charge in [0.1, 0.15) is 0 Å². The smallest absolute Gasteiger partial charge is 0.0339 e. The van der Waals surface area contributed by atoms with Crippen LogP contribution in [0.1, 0.15) is 6.92 Å².